The highest BCUT2D eigenvalue weighted by atomic mass is 35.5. The second-order valence-electron chi connectivity index (χ2n) is 6.39. The molecule has 0 atom stereocenters. The molecule has 0 aromatic heterocycles. The van der Waals surface area contributed by atoms with Gasteiger partial charge in [0.05, 0.1) is 15.7 Å². The Morgan fingerprint density at radius 1 is 0.963 bits per heavy atom. The van der Waals surface area contributed by atoms with Crippen LogP contribution in [0, 0.1) is 0 Å². The molecule has 0 unspecified atom stereocenters. The molecule has 1 fully saturated rings. The van der Waals surface area contributed by atoms with Gasteiger partial charge in [-0.25, -0.2) is 8.42 Å². The highest BCUT2D eigenvalue weighted by Crippen LogP contribution is 2.26. The standard InChI is InChI=1S/C19H20Cl2N2O3S/c20-16-6-7-17(21)18(14-16)27(25,26)13-12-22-8-10-23(11-9-22)19(24)15-4-2-1-3-5-15/h1-7,14H,8-13H2. The summed E-state index contributed by atoms with van der Waals surface area (Å²) in [5.74, 6) is -0.0340. The number of piperazine rings is 1. The number of halogens is 2. The van der Waals surface area contributed by atoms with E-state index in [4.69, 9.17) is 23.2 Å². The summed E-state index contributed by atoms with van der Waals surface area (Å²) in [4.78, 5) is 16.4. The van der Waals surface area contributed by atoms with Gasteiger partial charge in [0.1, 0.15) is 0 Å². The lowest BCUT2D eigenvalue weighted by atomic mass is 10.2. The Morgan fingerprint density at radius 3 is 2.30 bits per heavy atom. The molecule has 1 heterocycles. The number of hydrogen-bond acceptors (Lipinski definition) is 4. The molecule has 5 nitrogen and oxygen atoms in total. The van der Waals surface area contributed by atoms with Gasteiger partial charge in [-0.05, 0) is 30.3 Å². The van der Waals surface area contributed by atoms with E-state index in [0.29, 0.717) is 43.3 Å². The van der Waals surface area contributed by atoms with Crippen LogP contribution in [0.15, 0.2) is 53.4 Å². The number of carbonyl (C=O) groups is 1. The summed E-state index contributed by atoms with van der Waals surface area (Å²) in [6.07, 6.45) is 0. The van der Waals surface area contributed by atoms with E-state index in [1.165, 1.54) is 12.1 Å². The average molecular weight is 427 g/mol. The largest absolute Gasteiger partial charge is 0.336 e. The molecule has 3 rings (SSSR count). The Balaban J connectivity index is 1.55. The van der Waals surface area contributed by atoms with Crippen molar-refractivity contribution in [2.45, 2.75) is 4.90 Å². The van der Waals surface area contributed by atoms with Crippen LogP contribution in [0.4, 0.5) is 0 Å². The zero-order chi connectivity index (χ0) is 19.4. The van der Waals surface area contributed by atoms with E-state index in [0.717, 1.165) is 0 Å². The SMILES string of the molecule is O=C(c1ccccc1)N1CCN(CCS(=O)(=O)c2cc(Cl)ccc2Cl)CC1. The van der Waals surface area contributed by atoms with E-state index in [1.54, 1.807) is 23.1 Å². The Labute approximate surface area is 169 Å². The van der Waals surface area contributed by atoms with Gasteiger partial charge < -0.3 is 4.90 Å². The minimum absolute atomic E-state index is 0.00795. The van der Waals surface area contributed by atoms with Crippen LogP contribution < -0.4 is 0 Å². The molecule has 8 heteroatoms. The number of carbonyl (C=O) groups excluding carboxylic acids is 1. The summed E-state index contributed by atoms with van der Waals surface area (Å²) in [5, 5.41) is 0.517. The second kappa shape index (κ2) is 8.61. The van der Waals surface area contributed by atoms with Crippen LogP contribution in [0.25, 0.3) is 0 Å². The van der Waals surface area contributed by atoms with E-state index in [1.807, 2.05) is 23.1 Å². The lowest BCUT2D eigenvalue weighted by molar-refractivity contribution is 0.0644. The van der Waals surface area contributed by atoms with Gasteiger partial charge in [-0.1, -0.05) is 41.4 Å². The molecule has 2 aromatic carbocycles. The Hall–Kier alpha value is -1.60. The third kappa shape index (κ3) is 5.02. The van der Waals surface area contributed by atoms with Crippen molar-refractivity contribution in [2.24, 2.45) is 0 Å². The number of benzene rings is 2. The summed E-state index contributed by atoms with van der Waals surface area (Å²) >= 11 is 11.9. The van der Waals surface area contributed by atoms with E-state index < -0.39 is 9.84 Å². The molecular formula is C19H20Cl2N2O3S. The number of nitrogens with zero attached hydrogens (tertiary/aromatic N) is 2. The van der Waals surface area contributed by atoms with E-state index in [2.05, 4.69) is 0 Å². The summed E-state index contributed by atoms with van der Waals surface area (Å²) in [7, 11) is -3.52. The quantitative estimate of drug-likeness (QED) is 0.736. The summed E-state index contributed by atoms with van der Waals surface area (Å²) < 4.78 is 25.1. The third-order valence-corrected chi connectivity index (χ3v) is 6.99. The monoisotopic (exact) mass is 426 g/mol. The lowest BCUT2D eigenvalue weighted by Crippen LogP contribution is -2.49. The molecule has 0 saturated carbocycles. The van der Waals surface area contributed by atoms with Crippen LogP contribution in [-0.2, 0) is 9.84 Å². The van der Waals surface area contributed by atoms with Crippen molar-refractivity contribution >= 4 is 38.9 Å². The van der Waals surface area contributed by atoms with Gasteiger partial charge in [0.2, 0.25) is 0 Å². The van der Waals surface area contributed by atoms with Crippen molar-refractivity contribution in [2.75, 3.05) is 38.5 Å². The van der Waals surface area contributed by atoms with Crippen LogP contribution in [0.5, 0.6) is 0 Å². The first-order valence-corrected chi connectivity index (χ1v) is 11.0. The zero-order valence-corrected chi connectivity index (χ0v) is 17.0. The smallest absolute Gasteiger partial charge is 0.253 e. The summed E-state index contributed by atoms with van der Waals surface area (Å²) in [5.41, 5.74) is 0.670. The van der Waals surface area contributed by atoms with E-state index >= 15 is 0 Å². The molecule has 0 radical (unpaired) electrons. The van der Waals surface area contributed by atoms with Crippen LogP contribution >= 0.6 is 23.2 Å². The number of amides is 1. The fourth-order valence-corrected chi connectivity index (χ4v) is 5.11. The van der Waals surface area contributed by atoms with E-state index in [-0.39, 0.29) is 21.6 Å². The maximum Gasteiger partial charge on any atom is 0.253 e. The Morgan fingerprint density at radius 2 is 1.63 bits per heavy atom. The maximum absolute atomic E-state index is 12.6. The Kier molecular flexibility index (Phi) is 6.42. The molecule has 2 aromatic rings. The highest BCUT2D eigenvalue weighted by molar-refractivity contribution is 7.91. The van der Waals surface area contributed by atoms with Gasteiger partial charge in [0.15, 0.2) is 9.84 Å². The first-order valence-electron chi connectivity index (χ1n) is 8.61. The molecule has 1 aliphatic rings. The zero-order valence-electron chi connectivity index (χ0n) is 14.6. The van der Waals surface area contributed by atoms with Crippen LogP contribution in [0.2, 0.25) is 10.0 Å². The summed E-state index contributed by atoms with van der Waals surface area (Å²) in [6.45, 7) is 2.81. The third-order valence-electron chi connectivity index (χ3n) is 4.58. The van der Waals surface area contributed by atoms with E-state index in [9.17, 15) is 13.2 Å². The summed E-state index contributed by atoms with van der Waals surface area (Å²) in [6, 6.07) is 13.6. The minimum atomic E-state index is -3.52. The average Bonchev–Trinajstić information content (AvgIpc) is 2.69. The van der Waals surface area contributed by atoms with Gasteiger partial charge in [0, 0.05) is 43.3 Å². The van der Waals surface area contributed by atoms with Gasteiger partial charge in [-0.2, -0.15) is 0 Å². The fourth-order valence-electron chi connectivity index (χ4n) is 3.01. The van der Waals surface area contributed by atoms with Crippen molar-refractivity contribution in [1.82, 2.24) is 9.80 Å². The van der Waals surface area contributed by atoms with Crippen molar-refractivity contribution in [3.8, 4) is 0 Å². The van der Waals surface area contributed by atoms with Crippen molar-refractivity contribution < 1.29 is 13.2 Å². The van der Waals surface area contributed by atoms with Crippen LogP contribution in [0.1, 0.15) is 10.4 Å². The second-order valence-corrected chi connectivity index (χ2v) is 9.31. The molecule has 144 valence electrons. The minimum Gasteiger partial charge on any atom is -0.336 e. The molecule has 0 spiro atoms. The molecule has 1 amide bonds. The van der Waals surface area contributed by atoms with Crippen molar-refractivity contribution in [1.29, 1.82) is 0 Å². The molecule has 0 bridgehead atoms. The molecule has 0 N–H and O–H groups in total. The van der Waals surface area contributed by atoms with Crippen molar-refractivity contribution in [3.05, 3.63) is 64.1 Å². The number of sulfone groups is 1. The fraction of sp³-hybridized carbons (Fsp3) is 0.316. The normalized spacial score (nSPS) is 15.7. The molecule has 27 heavy (non-hydrogen) atoms. The first kappa shape index (κ1) is 20.1. The first-order chi connectivity index (χ1) is 12.9. The number of rotatable bonds is 5. The van der Waals surface area contributed by atoms with Crippen molar-refractivity contribution in [3.63, 3.8) is 0 Å². The highest BCUT2D eigenvalue weighted by Gasteiger charge is 2.24. The topological polar surface area (TPSA) is 57.7 Å². The molecule has 0 aliphatic carbocycles. The van der Waals surface area contributed by atoms with Gasteiger partial charge >= 0.3 is 0 Å². The lowest BCUT2D eigenvalue weighted by Gasteiger charge is -2.34. The maximum atomic E-state index is 12.6. The van der Waals surface area contributed by atoms with Crippen LogP contribution in [-0.4, -0.2) is 62.6 Å². The predicted molar refractivity (Wildman–Crippen MR) is 107 cm³/mol. The predicted octanol–water partition coefficient (Wildman–Crippen LogP) is 3.23. The molecule has 1 aliphatic heterocycles. The molecule has 1 saturated heterocycles. The van der Waals surface area contributed by atoms with Crippen LogP contribution in [0.3, 0.4) is 0 Å². The van der Waals surface area contributed by atoms with Gasteiger partial charge in [0.25, 0.3) is 5.91 Å². The Bertz CT molecular complexity index is 912. The van der Waals surface area contributed by atoms with Gasteiger partial charge in [-0.15, -0.1) is 0 Å². The number of hydrogen-bond donors (Lipinski definition) is 0. The van der Waals surface area contributed by atoms with Gasteiger partial charge in [-0.3, -0.25) is 9.69 Å². The molecular weight excluding hydrogens is 407 g/mol.